The molecule has 0 N–H and O–H groups in total. The fourth-order valence-corrected chi connectivity index (χ4v) is 6.03. The first-order chi connectivity index (χ1) is 9.82. The Morgan fingerprint density at radius 3 is 2.27 bits per heavy atom. The summed E-state index contributed by atoms with van der Waals surface area (Å²) in [5, 5.41) is 0.242. The average molecular weight is 325 g/mol. The summed E-state index contributed by atoms with van der Waals surface area (Å²) < 4.78 is 6.82. The van der Waals surface area contributed by atoms with Crippen LogP contribution in [0.3, 0.4) is 0 Å². The van der Waals surface area contributed by atoms with Gasteiger partial charge in [-0.1, -0.05) is 41.5 Å². The minimum absolute atomic E-state index is 0.0958. The van der Waals surface area contributed by atoms with Gasteiger partial charge in [-0.05, 0) is 55.1 Å². The van der Waals surface area contributed by atoms with Crippen LogP contribution in [0.25, 0.3) is 0 Å². The van der Waals surface area contributed by atoms with E-state index in [1.54, 1.807) is 0 Å². The first kappa shape index (κ1) is 18.2. The van der Waals surface area contributed by atoms with Crippen LogP contribution in [-0.2, 0) is 9.22 Å². The molecular formula is C19H36O2Si. The quantitative estimate of drug-likeness (QED) is 0.620. The van der Waals surface area contributed by atoms with Crippen molar-refractivity contribution in [2.45, 2.75) is 97.9 Å². The summed E-state index contributed by atoms with van der Waals surface area (Å²) in [7, 11) is -1.76. The van der Waals surface area contributed by atoms with Gasteiger partial charge in [-0.3, -0.25) is 4.79 Å². The molecule has 0 aromatic rings. The number of carbonyl (C=O) groups excluding carboxylic acids is 1. The summed E-state index contributed by atoms with van der Waals surface area (Å²) in [6.45, 7) is 18.6. The van der Waals surface area contributed by atoms with Crippen molar-refractivity contribution >= 4 is 14.1 Å². The van der Waals surface area contributed by atoms with Crippen molar-refractivity contribution in [1.29, 1.82) is 0 Å². The normalized spacial score (nSPS) is 36.1. The van der Waals surface area contributed by atoms with Gasteiger partial charge in [0.2, 0.25) is 0 Å². The van der Waals surface area contributed by atoms with E-state index in [1.807, 2.05) is 0 Å². The first-order valence-corrected chi connectivity index (χ1v) is 11.9. The van der Waals surface area contributed by atoms with E-state index in [1.165, 1.54) is 6.42 Å². The predicted octanol–water partition coefficient (Wildman–Crippen LogP) is 5.57. The topological polar surface area (TPSA) is 26.3 Å². The molecule has 0 amide bonds. The molecule has 0 aliphatic heterocycles. The number of hydrogen-bond acceptors (Lipinski definition) is 2. The molecule has 2 aliphatic carbocycles. The smallest absolute Gasteiger partial charge is 0.192 e. The molecule has 2 nitrogen and oxygen atoms in total. The van der Waals surface area contributed by atoms with Crippen LogP contribution in [-0.4, -0.2) is 20.2 Å². The summed E-state index contributed by atoms with van der Waals surface area (Å²) in [5.41, 5.74) is -0.00631. The second kappa shape index (κ2) is 5.44. The van der Waals surface area contributed by atoms with E-state index in [4.69, 9.17) is 4.43 Å². The van der Waals surface area contributed by atoms with Gasteiger partial charge in [-0.2, -0.15) is 0 Å². The van der Waals surface area contributed by atoms with E-state index in [-0.39, 0.29) is 15.9 Å². The molecule has 0 heterocycles. The molecular weight excluding hydrogens is 288 g/mol. The maximum Gasteiger partial charge on any atom is 0.192 e. The van der Waals surface area contributed by atoms with Crippen LogP contribution < -0.4 is 0 Å². The summed E-state index contributed by atoms with van der Waals surface area (Å²) in [6, 6.07) is 0. The lowest BCUT2D eigenvalue weighted by Crippen LogP contribution is -2.58. The Balaban J connectivity index is 2.25. The Kier molecular flexibility index (Phi) is 4.50. The lowest BCUT2D eigenvalue weighted by Gasteiger charge is -2.57. The molecule has 2 aliphatic rings. The van der Waals surface area contributed by atoms with Crippen molar-refractivity contribution in [1.82, 2.24) is 0 Å². The molecule has 0 aromatic heterocycles. The van der Waals surface area contributed by atoms with Crippen molar-refractivity contribution in [3.8, 4) is 0 Å². The van der Waals surface area contributed by atoms with Gasteiger partial charge in [0.1, 0.15) is 5.78 Å². The first-order valence-electron chi connectivity index (χ1n) is 9.03. The third-order valence-electron chi connectivity index (χ3n) is 7.20. The van der Waals surface area contributed by atoms with Gasteiger partial charge in [-0.15, -0.1) is 0 Å². The van der Waals surface area contributed by atoms with Crippen molar-refractivity contribution in [3.63, 3.8) is 0 Å². The predicted molar refractivity (Wildman–Crippen MR) is 95.5 cm³/mol. The van der Waals surface area contributed by atoms with Gasteiger partial charge in [0.05, 0.1) is 6.10 Å². The molecule has 0 bridgehead atoms. The summed E-state index contributed by atoms with van der Waals surface area (Å²) in [4.78, 5) is 12.6. The summed E-state index contributed by atoms with van der Waals surface area (Å²) >= 11 is 0. The van der Waals surface area contributed by atoms with Crippen LogP contribution in [0.15, 0.2) is 0 Å². The van der Waals surface area contributed by atoms with E-state index < -0.39 is 8.32 Å². The minimum atomic E-state index is -1.76. The van der Waals surface area contributed by atoms with Gasteiger partial charge >= 0.3 is 0 Å². The third-order valence-corrected chi connectivity index (χ3v) is 11.7. The van der Waals surface area contributed by atoms with Crippen LogP contribution in [0.1, 0.15) is 73.6 Å². The van der Waals surface area contributed by atoms with E-state index in [9.17, 15) is 4.79 Å². The zero-order valence-corrected chi connectivity index (χ0v) is 17.0. The number of ketones is 1. The molecule has 3 atom stereocenters. The molecule has 2 fully saturated rings. The molecule has 0 unspecified atom stereocenters. The Hall–Kier alpha value is -0.153. The van der Waals surface area contributed by atoms with E-state index >= 15 is 0 Å². The van der Waals surface area contributed by atoms with Crippen molar-refractivity contribution in [3.05, 3.63) is 0 Å². The Bertz CT molecular complexity index is 447. The van der Waals surface area contributed by atoms with Gasteiger partial charge in [-0.25, -0.2) is 0 Å². The third kappa shape index (κ3) is 2.84. The van der Waals surface area contributed by atoms with Crippen LogP contribution in [0, 0.1) is 16.7 Å². The summed E-state index contributed by atoms with van der Waals surface area (Å²) in [6.07, 6.45) is 5.40. The molecule has 0 aromatic carbocycles. The van der Waals surface area contributed by atoms with Crippen LogP contribution in [0.5, 0.6) is 0 Å². The maximum absolute atomic E-state index is 12.6. The number of fused-ring (bicyclic) bond motifs is 1. The minimum Gasteiger partial charge on any atom is -0.413 e. The number of rotatable bonds is 2. The lowest BCUT2D eigenvalue weighted by molar-refractivity contribution is -0.152. The molecule has 2 saturated carbocycles. The molecule has 0 radical (unpaired) electrons. The van der Waals surface area contributed by atoms with Gasteiger partial charge in [0.15, 0.2) is 8.32 Å². The Morgan fingerprint density at radius 2 is 1.73 bits per heavy atom. The molecule has 2 rings (SSSR count). The molecule has 0 saturated heterocycles. The largest absolute Gasteiger partial charge is 0.413 e. The second-order valence-corrected chi connectivity index (χ2v) is 14.8. The average Bonchev–Trinajstić information content (AvgIpc) is 2.34. The second-order valence-electron chi connectivity index (χ2n) is 10.0. The Labute approximate surface area is 138 Å². The Morgan fingerprint density at radius 1 is 1.14 bits per heavy atom. The highest BCUT2D eigenvalue weighted by Gasteiger charge is 2.57. The maximum atomic E-state index is 12.6. The van der Waals surface area contributed by atoms with Crippen molar-refractivity contribution < 1.29 is 9.22 Å². The molecule has 0 spiro atoms. The van der Waals surface area contributed by atoms with Gasteiger partial charge in [0.25, 0.3) is 0 Å². The van der Waals surface area contributed by atoms with Gasteiger partial charge in [0, 0.05) is 11.8 Å². The monoisotopic (exact) mass is 324 g/mol. The SMILES string of the molecule is CC1(C)[C@H]2CCCC(=O)[C@]2(C)CC[C@H]1O[Si](C)(C)C(C)(C)C. The van der Waals surface area contributed by atoms with Crippen molar-refractivity contribution in [2.24, 2.45) is 16.7 Å². The molecule has 3 heteroatoms. The zero-order chi connectivity index (χ0) is 17.0. The van der Waals surface area contributed by atoms with E-state index in [0.717, 1.165) is 25.7 Å². The van der Waals surface area contributed by atoms with Crippen LogP contribution in [0.2, 0.25) is 18.1 Å². The van der Waals surface area contributed by atoms with E-state index in [0.29, 0.717) is 17.8 Å². The fraction of sp³-hybridized carbons (Fsp3) is 0.947. The lowest BCUT2D eigenvalue weighted by atomic mass is 9.50. The van der Waals surface area contributed by atoms with Crippen LogP contribution in [0.4, 0.5) is 0 Å². The summed E-state index contributed by atoms with van der Waals surface area (Å²) in [5.74, 6) is 0.979. The standard InChI is InChI=1S/C19H36O2Si/c1-17(2,3)22(7,8)21-16-12-13-19(6)14(18(16,4)5)10-9-11-15(19)20/h14,16H,9-13H2,1-8H3/t14-,16-,19-/m1/s1. The highest BCUT2D eigenvalue weighted by atomic mass is 28.4. The van der Waals surface area contributed by atoms with E-state index in [2.05, 4.69) is 54.6 Å². The van der Waals surface area contributed by atoms with Gasteiger partial charge < -0.3 is 4.43 Å². The number of Topliss-reactive ketones (excluding diaryl/α,β-unsaturated/α-hetero) is 1. The molecule has 128 valence electrons. The molecule has 22 heavy (non-hydrogen) atoms. The highest BCUT2D eigenvalue weighted by molar-refractivity contribution is 6.74. The highest BCUT2D eigenvalue weighted by Crippen LogP contribution is 2.57. The van der Waals surface area contributed by atoms with Crippen molar-refractivity contribution in [2.75, 3.05) is 0 Å². The van der Waals surface area contributed by atoms with Crippen LogP contribution >= 0.6 is 0 Å². The fourth-order valence-electron chi connectivity index (χ4n) is 4.54. The zero-order valence-electron chi connectivity index (χ0n) is 16.0. The number of hydrogen-bond donors (Lipinski definition) is 0. The number of carbonyl (C=O) groups is 1.